The minimum absolute atomic E-state index is 0.0512. The fraction of sp³-hybridized carbons (Fsp3) is 0.412. The fourth-order valence-electron chi connectivity index (χ4n) is 2.08. The first kappa shape index (κ1) is 16.8. The van der Waals surface area contributed by atoms with Crippen molar-refractivity contribution < 1.29 is 14.6 Å². The van der Waals surface area contributed by atoms with Crippen LogP contribution in [0.2, 0.25) is 0 Å². The number of allylic oxidation sites excluding steroid dienone is 1. The summed E-state index contributed by atoms with van der Waals surface area (Å²) in [6, 6.07) is 9.63. The predicted octanol–water partition coefficient (Wildman–Crippen LogP) is 3.89. The minimum atomic E-state index is -0.806. The lowest BCUT2D eigenvalue weighted by molar-refractivity contribution is -0.137. The molecule has 0 heterocycles. The SMILES string of the molecule is C=CCC(CC(=O)O)c1ccc(OCCCCC#N)cc1. The highest BCUT2D eigenvalue weighted by Crippen LogP contribution is 2.26. The van der Waals surface area contributed by atoms with Crippen molar-refractivity contribution in [3.05, 3.63) is 42.5 Å². The summed E-state index contributed by atoms with van der Waals surface area (Å²) in [7, 11) is 0. The van der Waals surface area contributed by atoms with Crippen molar-refractivity contribution >= 4 is 5.97 Å². The molecule has 0 aliphatic carbocycles. The molecule has 0 saturated carbocycles. The van der Waals surface area contributed by atoms with Gasteiger partial charge in [0.05, 0.1) is 19.1 Å². The molecule has 1 aromatic carbocycles. The number of carboxylic acids is 1. The molecule has 0 aliphatic rings. The summed E-state index contributed by atoms with van der Waals surface area (Å²) in [4.78, 5) is 10.9. The molecule has 1 aromatic rings. The molecule has 0 aromatic heterocycles. The van der Waals surface area contributed by atoms with Gasteiger partial charge < -0.3 is 9.84 Å². The maximum Gasteiger partial charge on any atom is 0.303 e. The van der Waals surface area contributed by atoms with Gasteiger partial charge in [0.1, 0.15) is 5.75 Å². The number of hydrogen-bond donors (Lipinski definition) is 1. The smallest absolute Gasteiger partial charge is 0.303 e. The molecule has 0 spiro atoms. The molecule has 1 rings (SSSR count). The molecule has 1 unspecified atom stereocenters. The zero-order valence-electron chi connectivity index (χ0n) is 12.1. The lowest BCUT2D eigenvalue weighted by atomic mass is 9.92. The van der Waals surface area contributed by atoms with Gasteiger partial charge in [-0.1, -0.05) is 18.2 Å². The number of unbranched alkanes of at least 4 members (excludes halogenated alkanes) is 2. The van der Waals surface area contributed by atoms with Crippen molar-refractivity contribution in [3.8, 4) is 11.8 Å². The molecule has 0 bridgehead atoms. The largest absolute Gasteiger partial charge is 0.494 e. The summed E-state index contributed by atoms with van der Waals surface area (Å²) in [5.41, 5.74) is 0.981. The van der Waals surface area contributed by atoms with Crippen LogP contribution >= 0.6 is 0 Å². The van der Waals surface area contributed by atoms with E-state index in [1.807, 2.05) is 24.3 Å². The Labute approximate surface area is 125 Å². The molecule has 0 radical (unpaired) electrons. The van der Waals surface area contributed by atoms with Crippen LogP contribution in [0.25, 0.3) is 0 Å². The number of rotatable bonds is 10. The van der Waals surface area contributed by atoms with E-state index in [4.69, 9.17) is 15.1 Å². The third kappa shape index (κ3) is 6.62. The van der Waals surface area contributed by atoms with Crippen molar-refractivity contribution in [2.45, 2.75) is 38.0 Å². The van der Waals surface area contributed by atoms with Gasteiger partial charge in [0.15, 0.2) is 0 Å². The lowest BCUT2D eigenvalue weighted by Gasteiger charge is -2.14. The van der Waals surface area contributed by atoms with Gasteiger partial charge in [0.25, 0.3) is 0 Å². The number of carboxylic acid groups (broad SMARTS) is 1. The molecule has 4 nitrogen and oxygen atoms in total. The molecule has 1 N–H and O–H groups in total. The van der Waals surface area contributed by atoms with E-state index in [0.717, 1.165) is 24.2 Å². The Morgan fingerprint density at radius 1 is 1.38 bits per heavy atom. The molecule has 0 aliphatic heterocycles. The van der Waals surface area contributed by atoms with Gasteiger partial charge in [-0.25, -0.2) is 0 Å². The van der Waals surface area contributed by atoms with Gasteiger partial charge in [-0.05, 0) is 42.9 Å². The Bertz CT molecular complexity index is 488. The second-order valence-electron chi connectivity index (χ2n) is 4.85. The maximum absolute atomic E-state index is 10.9. The Morgan fingerprint density at radius 3 is 2.67 bits per heavy atom. The highest BCUT2D eigenvalue weighted by atomic mass is 16.5. The Morgan fingerprint density at radius 2 is 2.10 bits per heavy atom. The van der Waals surface area contributed by atoms with E-state index in [2.05, 4.69) is 12.6 Å². The summed E-state index contributed by atoms with van der Waals surface area (Å²) < 4.78 is 5.58. The Balaban J connectivity index is 2.53. The van der Waals surface area contributed by atoms with Gasteiger partial charge in [-0.15, -0.1) is 6.58 Å². The van der Waals surface area contributed by atoms with E-state index in [-0.39, 0.29) is 12.3 Å². The predicted molar refractivity (Wildman–Crippen MR) is 81.2 cm³/mol. The van der Waals surface area contributed by atoms with Gasteiger partial charge in [-0.2, -0.15) is 5.26 Å². The number of carbonyl (C=O) groups is 1. The molecule has 1 atom stereocenters. The number of aliphatic carboxylic acids is 1. The molecule has 0 saturated heterocycles. The fourth-order valence-corrected chi connectivity index (χ4v) is 2.08. The van der Waals surface area contributed by atoms with E-state index < -0.39 is 5.97 Å². The quantitative estimate of drug-likeness (QED) is 0.523. The number of nitrogens with zero attached hydrogens (tertiary/aromatic N) is 1. The van der Waals surface area contributed by atoms with Crippen LogP contribution < -0.4 is 4.74 Å². The topological polar surface area (TPSA) is 70.3 Å². The maximum atomic E-state index is 10.9. The van der Waals surface area contributed by atoms with Crippen LogP contribution in [0.4, 0.5) is 0 Å². The first-order valence-electron chi connectivity index (χ1n) is 7.09. The lowest BCUT2D eigenvalue weighted by Crippen LogP contribution is -2.06. The molecule has 0 fully saturated rings. The molecule has 4 heteroatoms. The van der Waals surface area contributed by atoms with Gasteiger partial charge in [0.2, 0.25) is 0 Å². The van der Waals surface area contributed by atoms with E-state index >= 15 is 0 Å². The third-order valence-corrected chi connectivity index (χ3v) is 3.18. The second-order valence-corrected chi connectivity index (χ2v) is 4.85. The molecule has 112 valence electrons. The molecular formula is C17H21NO3. The van der Waals surface area contributed by atoms with Crippen LogP contribution in [0, 0.1) is 11.3 Å². The van der Waals surface area contributed by atoms with Crippen molar-refractivity contribution in [3.63, 3.8) is 0 Å². The zero-order valence-corrected chi connectivity index (χ0v) is 12.1. The van der Waals surface area contributed by atoms with E-state index in [0.29, 0.717) is 19.4 Å². The van der Waals surface area contributed by atoms with E-state index in [1.54, 1.807) is 6.08 Å². The van der Waals surface area contributed by atoms with Crippen LogP contribution in [0.15, 0.2) is 36.9 Å². The third-order valence-electron chi connectivity index (χ3n) is 3.18. The number of ether oxygens (including phenoxy) is 1. The average molecular weight is 287 g/mol. The first-order valence-corrected chi connectivity index (χ1v) is 7.09. The Kier molecular flexibility index (Phi) is 7.67. The summed E-state index contributed by atoms with van der Waals surface area (Å²) in [6.07, 6.45) is 4.73. The summed E-state index contributed by atoms with van der Waals surface area (Å²) in [5, 5.41) is 17.4. The number of hydrogen-bond acceptors (Lipinski definition) is 3. The Hall–Kier alpha value is -2.28. The van der Waals surface area contributed by atoms with Gasteiger partial charge >= 0.3 is 5.97 Å². The van der Waals surface area contributed by atoms with Crippen molar-refractivity contribution in [2.75, 3.05) is 6.61 Å². The van der Waals surface area contributed by atoms with Gasteiger partial charge in [0, 0.05) is 6.42 Å². The van der Waals surface area contributed by atoms with Crippen molar-refractivity contribution in [1.29, 1.82) is 5.26 Å². The standard InChI is InChI=1S/C17H21NO3/c1-2-6-15(13-17(19)20)14-7-9-16(10-8-14)21-12-5-3-4-11-18/h2,7-10,15H,1,3-6,12-13H2,(H,19,20). The summed E-state index contributed by atoms with van der Waals surface area (Å²) in [6.45, 7) is 4.26. The van der Waals surface area contributed by atoms with Crippen LogP contribution in [0.3, 0.4) is 0 Å². The van der Waals surface area contributed by atoms with Crippen molar-refractivity contribution in [2.24, 2.45) is 0 Å². The minimum Gasteiger partial charge on any atom is -0.494 e. The second kappa shape index (κ2) is 9.60. The monoisotopic (exact) mass is 287 g/mol. The van der Waals surface area contributed by atoms with Gasteiger partial charge in [-0.3, -0.25) is 4.79 Å². The van der Waals surface area contributed by atoms with Crippen LogP contribution in [0.5, 0.6) is 5.75 Å². The molecular weight excluding hydrogens is 266 g/mol. The molecule has 21 heavy (non-hydrogen) atoms. The average Bonchev–Trinajstić information content (AvgIpc) is 2.47. The van der Waals surface area contributed by atoms with Crippen molar-refractivity contribution in [1.82, 2.24) is 0 Å². The van der Waals surface area contributed by atoms with E-state index in [1.165, 1.54) is 0 Å². The van der Waals surface area contributed by atoms with Crippen LogP contribution in [-0.4, -0.2) is 17.7 Å². The zero-order chi connectivity index (χ0) is 15.5. The summed E-state index contributed by atoms with van der Waals surface area (Å²) >= 11 is 0. The van der Waals surface area contributed by atoms with Crippen LogP contribution in [-0.2, 0) is 4.79 Å². The number of benzene rings is 1. The van der Waals surface area contributed by atoms with Crippen LogP contribution in [0.1, 0.15) is 43.6 Å². The number of nitriles is 1. The normalized spacial score (nSPS) is 11.4. The molecule has 0 amide bonds. The first-order chi connectivity index (χ1) is 10.2. The van der Waals surface area contributed by atoms with E-state index in [9.17, 15) is 4.79 Å². The summed E-state index contributed by atoms with van der Waals surface area (Å²) in [5.74, 6) is -0.0901. The highest BCUT2D eigenvalue weighted by Gasteiger charge is 2.14. The highest BCUT2D eigenvalue weighted by molar-refractivity contribution is 5.68.